The molecule has 150 valence electrons. The zero-order chi connectivity index (χ0) is 20.5. The third-order valence-corrected chi connectivity index (χ3v) is 5.72. The number of likely N-dealkylation sites (tertiary alicyclic amines) is 1. The van der Waals surface area contributed by atoms with Gasteiger partial charge in [-0.05, 0) is 37.1 Å². The Balaban J connectivity index is 1.54. The lowest BCUT2D eigenvalue weighted by atomic mass is 9.90. The minimum Gasteiger partial charge on any atom is -0.507 e. The number of Topliss-reactive ketones (excluding diaryl/α,β-unsaturated/α-hetero) is 2. The van der Waals surface area contributed by atoms with Crippen molar-refractivity contribution in [1.29, 1.82) is 0 Å². The summed E-state index contributed by atoms with van der Waals surface area (Å²) in [6.07, 6.45) is 1.78. The number of piperidine rings is 1. The van der Waals surface area contributed by atoms with E-state index in [4.69, 9.17) is 11.6 Å². The zero-order valence-corrected chi connectivity index (χ0v) is 16.4. The van der Waals surface area contributed by atoms with Crippen LogP contribution in [0.1, 0.15) is 39.1 Å². The van der Waals surface area contributed by atoms with E-state index in [1.54, 1.807) is 0 Å². The van der Waals surface area contributed by atoms with Crippen LogP contribution >= 0.6 is 11.6 Å². The first-order valence-electron chi connectivity index (χ1n) is 9.52. The molecule has 4 rings (SSSR count). The number of phenols is 2. The van der Waals surface area contributed by atoms with E-state index in [9.17, 15) is 19.8 Å². The van der Waals surface area contributed by atoms with Crippen LogP contribution in [0.15, 0.2) is 53.2 Å². The lowest BCUT2D eigenvalue weighted by Gasteiger charge is -2.34. The van der Waals surface area contributed by atoms with Gasteiger partial charge in [0.05, 0.1) is 11.1 Å². The molecule has 1 aliphatic carbocycles. The lowest BCUT2D eigenvalue weighted by Crippen LogP contribution is -2.46. The number of phenolic OH excluding ortho intramolecular Hbond substituents is 2. The van der Waals surface area contributed by atoms with E-state index in [1.165, 1.54) is 17.7 Å². The number of nitrogens with zero attached hydrogens (tertiary/aromatic N) is 1. The minimum atomic E-state index is -0.672. The summed E-state index contributed by atoms with van der Waals surface area (Å²) in [5, 5.41) is 22.9. The number of halogens is 1. The molecular weight excluding hydrogens is 392 g/mol. The van der Waals surface area contributed by atoms with Crippen molar-refractivity contribution in [3.8, 4) is 11.5 Å². The quantitative estimate of drug-likeness (QED) is 0.668. The maximum absolute atomic E-state index is 13.0. The van der Waals surface area contributed by atoms with Crippen molar-refractivity contribution >= 4 is 23.2 Å². The normalized spacial score (nSPS) is 20.0. The second-order valence-electron chi connectivity index (χ2n) is 7.41. The fourth-order valence-electron chi connectivity index (χ4n) is 3.98. The van der Waals surface area contributed by atoms with Crippen molar-refractivity contribution in [2.75, 3.05) is 13.1 Å². The van der Waals surface area contributed by atoms with Crippen molar-refractivity contribution < 1.29 is 19.8 Å². The maximum atomic E-state index is 13.0. The van der Waals surface area contributed by atoms with E-state index >= 15 is 0 Å². The molecule has 1 heterocycles. The molecule has 1 saturated heterocycles. The predicted octanol–water partition coefficient (Wildman–Crippen LogP) is 3.18. The number of rotatable bonds is 4. The van der Waals surface area contributed by atoms with Crippen molar-refractivity contribution in [3.63, 3.8) is 0 Å². The van der Waals surface area contributed by atoms with Crippen LogP contribution in [-0.2, 0) is 6.54 Å². The standard InChI is InChI=1S/C22H21ClN2O4/c23-19-20(22(29)18-16(27)9-8-15(26)17(18)21(19)28)24-14-7-4-10-25(12-14)11-13-5-2-1-3-6-13/h1-3,5-6,8-9,14,24,26-27H,4,7,10-12H2. The van der Waals surface area contributed by atoms with E-state index in [-0.39, 0.29) is 39.4 Å². The first-order valence-corrected chi connectivity index (χ1v) is 9.90. The first kappa shape index (κ1) is 19.5. The molecular formula is C22H21ClN2O4. The molecule has 6 nitrogen and oxygen atoms in total. The van der Waals surface area contributed by atoms with Gasteiger partial charge in [0.15, 0.2) is 0 Å². The van der Waals surface area contributed by atoms with Crippen molar-refractivity contribution in [1.82, 2.24) is 10.2 Å². The summed E-state index contributed by atoms with van der Waals surface area (Å²) < 4.78 is 0. The Labute approximate surface area is 173 Å². The summed E-state index contributed by atoms with van der Waals surface area (Å²) in [5.41, 5.74) is 0.735. The third kappa shape index (κ3) is 3.73. The van der Waals surface area contributed by atoms with Crippen molar-refractivity contribution in [2.24, 2.45) is 0 Å². The summed E-state index contributed by atoms with van der Waals surface area (Å²) in [7, 11) is 0. The molecule has 0 spiro atoms. The average molecular weight is 413 g/mol. The van der Waals surface area contributed by atoms with Gasteiger partial charge >= 0.3 is 0 Å². The number of allylic oxidation sites excluding steroid dienone is 2. The van der Waals surface area contributed by atoms with Crippen LogP contribution in [0.4, 0.5) is 0 Å². The van der Waals surface area contributed by atoms with E-state index in [2.05, 4.69) is 22.3 Å². The summed E-state index contributed by atoms with van der Waals surface area (Å²) in [4.78, 5) is 27.9. The second-order valence-corrected chi connectivity index (χ2v) is 7.78. The molecule has 2 aromatic carbocycles. The summed E-state index contributed by atoms with van der Waals surface area (Å²) >= 11 is 6.21. The first-order chi connectivity index (χ1) is 14.0. The SMILES string of the molecule is O=C1C(Cl)=C(NC2CCCN(Cc3ccccc3)C2)C(=O)c2c(O)ccc(O)c21. The molecule has 2 aromatic rings. The summed E-state index contributed by atoms with van der Waals surface area (Å²) in [6.45, 7) is 2.45. The number of carbonyl (C=O) groups is 2. The van der Waals surface area contributed by atoms with Gasteiger partial charge in [-0.15, -0.1) is 0 Å². The number of aromatic hydroxyl groups is 2. The van der Waals surface area contributed by atoms with Crippen molar-refractivity contribution in [3.05, 3.63) is 69.9 Å². The molecule has 0 saturated carbocycles. The van der Waals surface area contributed by atoms with E-state index in [1.807, 2.05) is 18.2 Å². The van der Waals surface area contributed by atoms with E-state index in [0.717, 1.165) is 25.9 Å². The zero-order valence-electron chi connectivity index (χ0n) is 15.7. The Morgan fingerprint density at radius 1 is 1.00 bits per heavy atom. The number of benzene rings is 2. The predicted molar refractivity (Wildman–Crippen MR) is 109 cm³/mol. The molecule has 1 atom stereocenters. The Hall–Kier alpha value is -2.83. The molecule has 7 heteroatoms. The van der Waals surface area contributed by atoms with Crippen LogP contribution in [0.5, 0.6) is 11.5 Å². The van der Waals surface area contributed by atoms with Crippen molar-refractivity contribution in [2.45, 2.75) is 25.4 Å². The number of ketones is 2. The fraction of sp³-hybridized carbons (Fsp3) is 0.273. The summed E-state index contributed by atoms with van der Waals surface area (Å²) in [6, 6.07) is 12.4. The molecule has 1 unspecified atom stereocenters. The van der Waals surface area contributed by atoms with Crippen LogP contribution in [0.3, 0.4) is 0 Å². The highest BCUT2D eigenvalue weighted by molar-refractivity contribution is 6.50. The summed E-state index contributed by atoms with van der Waals surface area (Å²) in [5.74, 6) is -1.98. The average Bonchev–Trinajstić information content (AvgIpc) is 2.72. The molecule has 0 amide bonds. The molecule has 1 fully saturated rings. The molecule has 0 aromatic heterocycles. The number of fused-ring (bicyclic) bond motifs is 1. The molecule has 0 bridgehead atoms. The Morgan fingerprint density at radius 2 is 1.66 bits per heavy atom. The molecule has 3 N–H and O–H groups in total. The van der Waals surface area contributed by atoms with Gasteiger partial charge in [-0.2, -0.15) is 0 Å². The molecule has 29 heavy (non-hydrogen) atoms. The number of hydrogen-bond donors (Lipinski definition) is 3. The smallest absolute Gasteiger partial charge is 0.215 e. The van der Waals surface area contributed by atoms with Gasteiger partial charge in [0.25, 0.3) is 0 Å². The van der Waals surface area contributed by atoms with Crippen LogP contribution in [0, 0.1) is 0 Å². The monoisotopic (exact) mass is 412 g/mol. The van der Waals surface area contributed by atoms with Gasteiger partial charge in [0, 0.05) is 19.1 Å². The second kappa shape index (κ2) is 7.89. The third-order valence-electron chi connectivity index (χ3n) is 5.36. The highest BCUT2D eigenvalue weighted by Gasteiger charge is 2.37. The van der Waals surface area contributed by atoms with Gasteiger partial charge < -0.3 is 15.5 Å². The van der Waals surface area contributed by atoms with Crippen LogP contribution in [-0.4, -0.2) is 45.8 Å². The van der Waals surface area contributed by atoms with Crippen LogP contribution in [0.2, 0.25) is 0 Å². The van der Waals surface area contributed by atoms with Gasteiger partial charge in [-0.3, -0.25) is 14.5 Å². The van der Waals surface area contributed by atoms with Gasteiger partial charge in [0.2, 0.25) is 11.6 Å². The van der Waals surface area contributed by atoms with Crippen LogP contribution in [0.25, 0.3) is 0 Å². The molecule has 1 aliphatic heterocycles. The Bertz CT molecular complexity index is 1000. The Morgan fingerprint density at radius 3 is 2.34 bits per heavy atom. The molecule has 2 aliphatic rings. The Kier molecular flexibility index (Phi) is 5.30. The number of hydrogen-bond acceptors (Lipinski definition) is 6. The van der Waals surface area contributed by atoms with Crippen LogP contribution < -0.4 is 5.32 Å². The highest BCUT2D eigenvalue weighted by Crippen LogP contribution is 2.37. The maximum Gasteiger partial charge on any atom is 0.215 e. The van der Waals surface area contributed by atoms with E-state index < -0.39 is 11.6 Å². The topological polar surface area (TPSA) is 89.9 Å². The lowest BCUT2D eigenvalue weighted by molar-refractivity contribution is 0.0963. The number of nitrogens with one attached hydrogen (secondary N) is 1. The number of carbonyl (C=O) groups excluding carboxylic acids is 2. The van der Waals surface area contributed by atoms with E-state index in [0.29, 0.717) is 6.54 Å². The molecule has 0 radical (unpaired) electrons. The van der Waals surface area contributed by atoms with Gasteiger partial charge in [-0.1, -0.05) is 41.9 Å². The minimum absolute atomic E-state index is 0.0170. The largest absolute Gasteiger partial charge is 0.507 e. The fourth-order valence-corrected chi connectivity index (χ4v) is 4.21. The van der Waals surface area contributed by atoms with Gasteiger partial charge in [-0.25, -0.2) is 0 Å². The van der Waals surface area contributed by atoms with Gasteiger partial charge in [0.1, 0.15) is 22.2 Å². The highest BCUT2D eigenvalue weighted by atomic mass is 35.5.